The molecule has 2 amide bonds. The number of hydrogen-bond acceptors (Lipinski definition) is 5. The lowest BCUT2D eigenvalue weighted by atomic mass is 10.0. The smallest absolute Gasteiger partial charge is 0.341 e. The molecule has 3 aromatic rings. The maximum absolute atomic E-state index is 13.6. The second-order valence-electron chi connectivity index (χ2n) is 8.81. The number of amides is 2. The summed E-state index contributed by atoms with van der Waals surface area (Å²) in [6.07, 6.45) is 2.63. The van der Waals surface area contributed by atoms with Gasteiger partial charge >= 0.3 is 6.03 Å². The predicted octanol–water partition coefficient (Wildman–Crippen LogP) is 5.10. The van der Waals surface area contributed by atoms with E-state index in [9.17, 15) is 13.2 Å². The number of piperidine rings is 1. The molecule has 10 heteroatoms. The summed E-state index contributed by atoms with van der Waals surface area (Å²) in [5, 5.41) is 11.1. The number of alkyl halides is 1. The molecule has 2 N–H and O–H groups in total. The minimum Gasteiger partial charge on any atom is -0.497 e. The highest BCUT2D eigenvalue weighted by Gasteiger charge is 2.33. The Labute approximate surface area is 216 Å². The van der Waals surface area contributed by atoms with Gasteiger partial charge in [0.1, 0.15) is 5.75 Å². The van der Waals surface area contributed by atoms with Gasteiger partial charge in [-0.25, -0.2) is 13.2 Å². The molecule has 0 radical (unpaired) electrons. The fourth-order valence-corrected chi connectivity index (χ4v) is 5.50. The van der Waals surface area contributed by atoms with Gasteiger partial charge in [0.15, 0.2) is 5.84 Å². The van der Waals surface area contributed by atoms with Gasteiger partial charge in [-0.05, 0) is 72.9 Å². The van der Waals surface area contributed by atoms with E-state index >= 15 is 0 Å². The maximum atomic E-state index is 13.6. The molecule has 1 aliphatic heterocycles. The first-order chi connectivity index (χ1) is 17.2. The Hall–Kier alpha value is -3.14. The van der Waals surface area contributed by atoms with Gasteiger partial charge in [0.05, 0.1) is 12.0 Å². The van der Waals surface area contributed by atoms with E-state index in [1.807, 2.05) is 13.0 Å². The highest BCUT2D eigenvalue weighted by molar-refractivity contribution is 7.89. The number of hydrogen-bond donors (Lipinski definition) is 2. The van der Waals surface area contributed by atoms with E-state index in [0.717, 1.165) is 35.2 Å². The van der Waals surface area contributed by atoms with Crippen LogP contribution in [0.4, 0.5) is 4.79 Å². The van der Waals surface area contributed by atoms with Gasteiger partial charge in [-0.1, -0.05) is 30.3 Å². The second-order valence-corrected chi connectivity index (χ2v) is 10.7. The summed E-state index contributed by atoms with van der Waals surface area (Å²) in [5.74, 6) is 0.612. The van der Waals surface area contributed by atoms with Crippen LogP contribution < -0.4 is 9.57 Å². The first kappa shape index (κ1) is 25.9. The van der Waals surface area contributed by atoms with Crippen molar-refractivity contribution in [3.05, 3.63) is 71.8 Å². The van der Waals surface area contributed by atoms with E-state index in [4.69, 9.17) is 21.7 Å². The molecule has 0 aromatic heterocycles. The fraction of sp³-hybridized carbons (Fsp3) is 0.308. The standard InChI is InChI=1S/C26H29ClN4O4S/c1-18-6-3-4-13-30(18)26(32)31(25(28)22-8-5-7-19(14-22)17-27)29-36(33,34)24-12-10-20-15-23(35-2)11-9-21(20)16-24/h5,7-12,14-16,18,28-29H,3-4,6,13,17H2,1-2H3. The number of methoxy groups -OCH3 is 1. The third-order valence-electron chi connectivity index (χ3n) is 6.36. The molecule has 0 aliphatic carbocycles. The van der Waals surface area contributed by atoms with E-state index in [0.29, 0.717) is 23.2 Å². The topological polar surface area (TPSA) is 103 Å². The number of ether oxygens (including phenoxy) is 1. The third-order valence-corrected chi connectivity index (χ3v) is 7.97. The van der Waals surface area contributed by atoms with Crippen LogP contribution >= 0.6 is 11.6 Å². The van der Waals surface area contributed by atoms with Crippen LogP contribution in [0.3, 0.4) is 0 Å². The predicted molar refractivity (Wildman–Crippen MR) is 141 cm³/mol. The van der Waals surface area contributed by atoms with Crippen molar-refractivity contribution in [2.75, 3.05) is 13.7 Å². The number of fused-ring (bicyclic) bond motifs is 1. The number of carbonyl (C=O) groups is 1. The number of benzene rings is 3. The SMILES string of the molecule is COc1ccc2cc(S(=O)(=O)NN(C(=N)c3cccc(CCl)c3)C(=O)N3CCCCC3C)ccc2c1. The molecule has 1 heterocycles. The van der Waals surface area contributed by atoms with E-state index in [-0.39, 0.29) is 22.7 Å². The first-order valence-electron chi connectivity index (χ1n) is 11.7. The van der Waals surface area contributed by atoms with Crippen molar-refractivity contribution in [3.63, 3.8) is 0 Å². The molecule has 190 valence electrons. The van der Waals surface area contributed by atoms with Crippen molar-refractivity contribution in [1.29, 1.82) is 5.41 Å². The molecule has 4 rings (SSSR count). The average Bonchev–Trinajstić information content (AvgIpc) is 2.90. The van der Waals surface area contributed by atoms with Crippen LogP contribution in [0.5, 0.6) is 5.75 Å². The minimum absolute atomic E-state index is 0.0213. The number of nitrogens with zero attached hydrogens (tertiary/aromatic N) is 2. The van der Waals surface area contributed by atoms with Crippen LogP contribution in [0.1, 0.15) is 37.3 Å². The molecule has 1 unspecified atom stereocenters. The summed E-state index contributed by atoms with van der Waals surface area (Å²) in [4.78, 5) is 17.6. The first-order valence-corrected chi connectivity index (χ1v) is 13.7. The Morgan fingerprint density at radius 2 is 1.89 bits per heavy atom. The average molecular weight is 529 g/mol. The largest absolute Gasteiger partial charge is 0.497 e. The van der Waals surface area contributed by atoms with Crippen molar-refractivity contribution in [2.45, 2.75) is 43.0 Å². The number of hydrazine groups is 1. The van der Waals surface area contributed by atoms with Crippen molar-refractivity contribution >= 4 is 44.3 Å². The van der Waals surface area contributed by atoms with Crippen LogP contribution in [-0.4, -0.2) is 49.9 Å². The normalized spacial score (nSPS) is 16.1. The van der Waals surface area contributed by atoms with Crippen LogP contribution in [-0.2, 0) is 15.9 Å². The van der Waals surface area contributed by atoms with Gasteiger partial charge in [0, 0.05) is 24.0 Å². The van der Waals surface area contributed by atoms with Crippen LogP contribution in [0, 0.1) is 5.41 Å². The molecule has 1 fully saturated rings. The molecule has 1 saturated heterocycles. The Morgan fingerprint density at radius 3 is 2.61 bits per heavy atom. The number of halogens is 1. The van der Waals surface area contributed by atoms with Gasteiger partial charge in [0.2, 0.25) is 0 Å². The summed E-state index contributed by atoms with van der Waals surface area (Å²) in [7, 11) is -2.64. The number of urea groups is 1. The Kier molecular flexibility index (Phi) is 7.82. The quantitative estimate of drug-likeness (QED) is 0.201. The summed E-state index contributed by atoms with van der Waals surface area (Å²) in [6, 6.07) is 16.2. The number of likely N-dealkylation sites (tertiary alicyclic amines) is 1. The second kappa shape index (κ2) is 10.9. The van der Waals surface area contributed by atoms with E-state index in [1.54, 1.807) is 54.5 Å². The van der Waals surface area contributed by atoms with E-state index in [1.165, 1.54) is 12.1 Å². The monoisotopic (exact) mass is 528 g/mol. The van der Waals surface area contributed by atoms with Crippen LogP contribution in [0.2, 0.25) is 0 Å². The summed E-state index contributed by atoms with van der Waals surface area (Å²) < 4.78 is 32.2. The number of sulfonamides is 1. The van der Waals surface area contributed by atoms with Crippen LogP contribution in [0.15, 0.2) is 65.6 Å². The number of carbonyl (C=O) groups excluding carboxylic acids is 1. The number of amidine groups is 1. The summed E-state index contributed by atoms with van der Waals surface area (Å²) in [5.41, 5.74) is 1.13. The molecule has 36 heavy (non-hydrogen) atoms. The molecule has 0 spiro atoms. The molecule has 1 atom stereocenters. The molecule has 3 aromatic carbocycles. The summed E-state index contributed by atoms with van der Waals surface area (Å²) in [6.45, 7) is 2.42. The van der Waals surface area contributed by atoms with Gasteiger partial charge in [0.25, 0.3) is 10.0 Å². The Bertz CT molecular complexity index is 1400. The lowest BCUT2D eigenvalue weighted by Crippen LogP contribution is -2.57. The lowest BCUT2D eigenvalue weighted by Gasteiger charge is -2.37. The van der Waals surface area contributed by atoms with Gasteiger partial charge < -0.3 is 9.64 Å². The van der Waals surface area contributed by atoms with Gasteiger partial charge in [-0.3, -0.25) is 5.41 Å². The van der Waals surface area contributed by atoms with Crippen LogP contribution in [0.25, 0.3) is 10.8 Å². The summed E-state index contributed by atoms with van der Waals surface area (Å²) >= 11 is 5.96. The minimum atomic E-state index is -4.21. The molecule has 1 aliphatic rings. The maximum Gasteiger partial charge on any atom is 0.341 e. The molecule has 0 saturated carbocycles. The number of rotatable bonds is 6. The number of nitrogens with one attached hydrogen (secondary N) is 2. The zero-order chi connectivity index (χ0) is 25.9. The fourth-order valence-electron chi connectivity index (χ4n) is 4.29. The molecule has 8 nitrogen and oxygen atoms in total. The van der Waals surface area contributed by atoms with Crippen molar-refractivity contribution in [1.82, 2.24) is 14.7 Å². The zero-order valence-corrected chi connectivity index (χ0v) is 21.8. The lowest BCUT2D eigenvalue weighted by molar-refractivity contribution is 0.134. The third kappa shape index (κ3) is 5.48. The van der Waals surface area contributed by atoms with Crippen molar-refractivity contribution in [3.8, 4) is 5.75 Å². The molecular weight excluding hydrogens is 500 g/mol. The van der Waals surface area contributed by atoms with E-state index < -0.39 is 16.1 Å². The van der Waals surface area contributed by atoms with Crippen molar-refractivity contribution in [2.24, 2.45) is 0 Å². The highest BCUT2D eigenvalue weighted by atomic mass is 35.5. The van der Waals surface area contributed by atoms with E-state index in [2.05, 4.69) is 4.83 Å². The molecule has 0 bridgehead atoms. The highest BCUT2D eigenvalue weighted by Crippen LogP contribution is 2.25. The molecular formula is C26H29ClN4O4S. The van der Waals surface area contributed by atoms with Gasteiger partial charge in [-0.2, -0.15) is 5.01 Å². The van der Waals surface area contributed by atoms with Crippen molar-refractivity contribution < 1.29 is 17.9 Å². The Morgan fingerprint density at radius 1 is 1.14 bits per heavy atom. The zero-order valence-electron chi connectivity index (χ0n) is 20.2. The van der Waals surface area contributed by atoms with Gasteiger partial charge in [-0.15, -0.1) is 16.4 Å². The Balaban J connectivity index is 1.70.